The molecule has 0 aliphatic rings. The smallest absolute Gasteiger partial charge is 0.250 e. The first-order valence-corrected chi connectivity index (χ1v) is 13.6. The van der Waals surface area contributed by atoms with Crippen molar-refractivity contribution in [2.45, 2.75) is 25.2 Å². The Balaban J connectivity index is 1.15. The summed E-state index contributed by atoms with van der Waals surface area (Å²) >= 11 is 1.42. The second kappa shape index (κ2) is 10.6. The van der Waals surface area contributed by atoms with Gasteiger partial charge in [0.15, 0.2) is 5.16 Å². The number of carbonyl (C=O) groups is 1. The third-order valence-electron chi connectivity index (χ3n) is 6.65. The molecule has 0 spiro atoms. The highest BCUT2D eigenvalue weighted by Crippen LogP contribution is 2.29. The van der Waals surface area contributed by atoms with Crippen LogP contribution in [0.3, 0.4) is 0 Å². The van der Waals surface area contributed by atoms with Gasteiger partial charge in [0.2, 0.25) is 0 Å². The molecule has 2 heterocycles. The lowest BCUT2D eigenvalue weighted by molar-refractivity contribution is -0.118. The van der Waals surface area contributed by atoms with Gasteiger partial charge in [0.05, 0.1) is 29.5 Å². The number of fused-ring (bicyclic) bond motifs is 4. The molecule has 6 aromatic rings. The van der Waals surface area contributed by atoms with Gasteiger partial charge in [-0.25, -0.2) is 10.4 Å². The van der Waals surface area contributed by atoms with Crippen LogP contribution in [0.5, 0.6) is 0 Å². The van der Waals surface area contributed by atoms with E-state index in [2.05, 4.69) is 81.2 Å². The largest absolute Gasteiger partial charge is 0.341 e. The van der Waals surface area contributed by atoms with E-state index in [0.717, 1.165) is 28.3 Å². The van der Waals surface area contributed by atoms with Crippen LogP contribution in [0, 0.1) is 0 Å². The summed E-state index contributed by atoms with van der Waals surface area (Å²) < 4.78 is 4.48. The zero-order valence-corrected chi connectivity index (χ0v) is 21.9. The van der Waals surface area contributed by atoms with E-state index in [0.29, 0.717) is 6.54 Å². The molecule has 0 saturated heterocycles. The van der Waals surface area contributed by atoms with Gasteiger partial charge in [0.1, 0.15) is 0 Å². The van der Waals surface area contributed by atoms with E-state index < -0.39 is 0 Å². The summed E-state index contributed by atoms with van der Waals surface area (Å²) in [4.78, 5) is 17.4. The number of carbonyl (C=O) groups excluding carboxylic acids is 1. The van der Waals surface area contributed by atoms with E-state index in [4.69, 9.17) is 4.98 Å². The third-order valence-corrected chi connectivity index (χ3v) is 7.63. The minimum atomic E-state index is -0.173. The van der Waals surface area contributed by atoms with Crippen molar-refractivity contribution in [2.24, 2.45) is 5.10 Å². The van der Waals surface area contributed by atoms with Crippen LogP contribution in [0.1, 0.15) is 18.1 Å². The number of hydrazone groups is 1. The first kappa shape index (κ1) is 24.0. The number of hydrogen-bond acceptors (Lipinski definition) is 4. The van der Waals surface area contributed by atoms with Crippen LogP contribution in [0.2, 0.25) is 0 Å². The number of para-hydroxylation sites is 3. The Labute approximate surface area is 225 Å². The van der Waals surface area contributed by atoms with Gasteiger partial charge < -0.3 is 9.13 Å². The molecule has 0 bridgehead atoms. The van der Waals surface area contributed by atoms with Crippen molar-refractivity contribution >= 4 is 56.7 Å². The van der Waals surface area contributed by atoms with Gasteiger partial charge >= 0.3 is 0 Å². The predicted molar refractivity (Wildman–Crippen MR) is 157 cm³/mol. The van der Waals surface area contributed by atoms with Gasteiger partial charge in [-0.15, -0.1) is 0 Å². The summed E-state index contributed by atoms with van der Waals surface area (Å²) in [6.45, 7) is 3.76. The van der Waals surface area contributed by atoms with Crippen LogP contribution in [0.4, 0.5) is 0 Å². The summed E-state index contributed by atoms with van der Waals surface area (Å²) in [5.74, 6) is 0.0478. The molecule has 0 aliphatic carbocycles. The fraction of sp³-hybridized carbons (Fsp3) is 0.129. The number of amides is 1. The fourth-order valence-electron chi connectivity index (χ4n) is 4.92. The quantitative estimate of drug-likeness (QED) is 0.143. The molecule has 1 amide bonds. The van der Waals surface area contributed by atoms with E-state index in [1.54, 1.807) is 6.21 Å². The minimum Gasteiger partial charge on any atom is -0.341 e. The van der Waals surface area contributed by atoms with Crippen LogP contribution >= 0.6 is 11.8 Å². The molecule has 2 aromatic heterocycles. The zero-order chi connectivity index (χ0) is 25.9. The molecule has 38 heavy (non-hydrogen) atoms. The van der Waals surface area contributed by atoms with Crippen molar-refractivity contribution in [2.75, 3.05) is 5.75 Å². The number of benzene rings is 4. The number of aromatic nitrogens is 3. The van der Waals surface area contributed by atoms with Crippen molar-refractivity contribution < 1.29 is 4.79 Å². The van der Waals surface area contributed by atoms with Gasteiger partial charge in [-0.2, -0.15) is 5.10 Å². The van der Waals surface area contributed by atoms with Crippen LogP contribution in [0.25, 0.3) is 32.8 Å². The summed E-state index contributed by atoms with van der Waals surface area (Å²) in [5.41, 5.74) is 9.19. The first-order chi connectivity index (χ1) is 18.7. The molecule has 188 valence electrons. The number of nitrogens with one attached hydrogen (secondary N) is 1. The molecular formula is C31H27N5OS. The normalized spacial score (nSPS) is 11.7. The Morgan fingerprint density at radius 1 is 0.868 bits per heavy atom. The SMILES string of the molecule is CCn1c2ccccc2c2cc(/C=N/NC(=O)CSc3nc4ccccc4n3Cc3ccccc3)ccc21. The molecule has 4 aromatic carbocycles. The summed E-state index contributed by atoms with van der Waals surface area (Å²) in [7, 11) is 0. The van der Waals surface area contributed by atoms with E-state index in [-0.39, 0.29) is 11.7 Å². The Morgan fingerprint density at radius 3 is 2.45 bits per heavy atom. The maximum absolute atomic E-state index is 12.6. The maximum Gasteiger partial charge on any atom is 0.250 e. The Morgan fingerprint density at radius 2 is 1.61 bits per heavy atom. The van der Waals surface area contributed by atoms with Gasteiger partial charge in [-0.1, -0.05) is 78.5 Å². The average molecular weight is 518 g/mol. The number of hydrogen-bond donors (Lipinski definition) is 1. The third kappa shape index (κ3) is 4.68. The highest BCUT2D eigenvalue weighted by atomic mass is 32.2. The van der Waals surface area contributed by atoms with Crippen molar-refractivity contribution in [1.29, 1.82) is 0 Å². The number of aryl methyl sites for hydroxylation is 1. The Bertz CT molecular complexity index is 1780. The number of rotatable bonds is 8. The minimum absolute atomic E-state index is 0.173. The molecule has 0 unspecified atom stereocenters. The second-order valence-electron chi connectivity index (χ2n) is 9.07. The lowest BCUT2D eigenvalue weighted by Gasteiger charge is -2.09. The lowest BCUT2D eigenvalue weighted by atomic mass is 10.1. The summed E-state index contributed by atoms with van der Waals surface area (Å²) in [5, 5.41) is 7.45. The van der Waals surface area contributed by atoms with Crippen molar-refractivity contribution in [3.8, 4) is 0 Å². The van der Waals surface area contributed by atoms with Crippen LogP contribution in [0.15, 0.2) is 107 Å². The predicted octanol–water partition coefficient (Wildman–Crippen LogP) is 6.45. The zero-order valence-electron chi connectivity index (χ0n) is 21.0. The number of nitrogens with zero attached hydrogens (tertiary/aromatic N) is 4. The van der Waals surface area contributed by atoms with Crippen LogP contribution in [-0.4, -0.2) is 32.0 Å². The average Bonchev–Trinajstić information content (AvgIpc) is 3.47. The monoisotopic (exact) mass is 517 g/mol. The van der Waals surface area contributed by atoms with E-state index in [1.807, 2.05) is 42.5 Å². The van der Waals surface area contributed by atoms with E-state index >= 15 is 0 Å². The molecule has 0 fully saturated rings. The van der Waals surface area contributed by atoms with Gasteiger partial charge in [0.25, 0.3) is 5.91 Å². The fourth-order valence-corrected chi connectivity index (χ4v) is 5.72. The van der Waals surface area contributed by atoms with Crippen molar-refractivity contribution in [1.82, 2.24) is 19.5 Å². The van der Waals surface area contributed by atoms with E-state index in [9.17, 15) is 4.79 Å². The second-order valence-corrected chi connectivity index (χ2v) is 10.0. The Hall–Kier alpha value is -4.36. The van der Waals surface area contributed by atoms with Crippen LogP contribution in [-0.2, 0) is 17.9 Å². The highest BCUT2D eigenvalue weighted by molar-refractivity contribution is 7.99. The topological polar surface area (TPSA) is 64.2 Å². The number of imidazole rings is 1. The van der Waals surface area contributed by atoms with Crippen LogP contribution < -0.4 is 5.43 Å². The molecule has 6 rings (SSSR count). The summed E-state index contributed by atoms with van der Waals surface area (Å²) in [6, 6.07) is 33.0. The first-order valence-electron chi connectivity index (χ1n) is 12.7. The van der Waals surface area contributed by atoms with Gasteiger partial charge in [-0.3, -0.25) is 4.79 Å². The van der Waals surface area contributed by atoms with Gasteiger partial charge in [-0.05, 0) is 48.4 Å². The maximum atomic E-state index is 12.6. The van der Waals surface area contributed by atoms with Crippen molar-refractivity contribution in [3.63, 3.8) is 0 Å². The highest BCUT2D eigenvalue weighted by Gasteiger charge is 2.13. The molecule has 0 atom stereocenters. The molecule has 7 heteroatoms. The Kier molecular flexibility index (Phi) is 6.67. The molecule has 0 aliphatic heterocycles. The molecule has 1 N–H and O–H groups in total. The van der Waals surface area contributed by atoms with E-state index in [1.165, 1.54) is 39.1 Å². The molecule has 0 saturated carbocycles. The molecule has 0 radical (unpaired) electrons. The molecular weight excluding hydrogens is 490 g/mol. The number of thioether (sulfide) groups is 1. The lowest BCUT2D eigenvalue weighted by Crippen LogP contribution is -2.20. The summed E-state index contributed by atoms with van der Waals surface area (Å²) in [6.07, 6.45) is 1.70. The van der Waals surface area contributed by atoms with Gasteiger partial charge in [0, 0.05) is 28.4 Å². The molecule has 6 nitrogen and oxygen atoms in total. The van der Waals surface area contributed by atoms with Crippen molar-refractivity contribution in [3.05, 3.63) is 108 Å². The standard InChI is InChI=1S/C31H27N5OS/c1-2-35-27-14-8-6-12-24(27)25-18-23(16-17-28(25)35)19-32-34-30(37)21-38-31-33-26-13-7-9-15-29(26)36(31)20-22-10-4-3-5-11-22/h3-19H,2,20-21H2,1H3,(H,34,37)/b32-19+.